The second-order valence-corrected chi connectivity index (χ2v) is 6.54. The van der Waals surface area contributed by atoms with Crippen molar-refractivity contribution in [3.8, 4) is 0 Å². The molecule has 0 unspecified atom stereocenters. The molecule has 0 saturated carbocycles. The van der Waals surface area contributed by atoms with Crippen molar-refractivity contribution in [2.75, 3.05) is 29.6 Å². The van der Waals surface area contributed by atoms with Gasteiger partial charge in [-0.2, -0.15) is 11.8 Å². The molecule has 0 amide bonds. The third kappa shape index (κ3) is 8.59. The van der Waals surface area contributed by atoms with E-state index in [1.807, 2.05) is 0 Å². The molecule has 0 atom stereocenters. The lowest BCUT2D eigenvalue weighted by Crippen LogP contribution is -2.14. The standard InChI is InChI=1S/C8H19NO2S2/c1-2-12-6-4-8-13(10,11)7-3-5-9/h2-9H2,1H3. The summed E-state index contributed by atoms with van der Waals surface area (Å²) in [6.45, 7) is 2.54. The van der Waals surface area contributed by atoms with Gasteiger partial charge in [0.1, 0.15) is 9.84 Å². The van der Waals surface area contributed by atoms with Crippen LogP contribution < -0.4 is 5.73 Å². The van der Waals surface area contributed by atoms with Gasteiger partial charge in [-0.15, -0.1) is 0 Å². The number of sulfone groups is 1. The average molecular weight is 225 g/mol. The van der Waals surface area contributed by atoms with Gasteiger partial charge in [-0.1, -0.05) is 6.92 Å². The van der Waals surface area contributed by atoms with Crippen LogP contribution in [0, 0.1) is 0 Å². The van der Waals surface area contributed by atoms with Crippen LogP contribution in [0.25, 0.3) is 0 Å². The van der Waals surface area contributed by atoms with Crippen LogP contribution >= 0.6 is 11.8 Å². The Morgan fingerprint density at radius 2 is 1.85 bits per heavy atom. The fourth-order valence-electron chi connectivity index (χ4n) is 0.931. The molecule has 13 heavy (non-hydrogen) atoms. The molecule has 0 aliphatic carbocycles. The lowest BCUT2D eigenvalue weighted by molar-refractivity contribution is 0.592. The third-order valence-electron chi connectivity index (χ3n) is 1.61. The number of nitrogens with two attached hydrogens (primary N) is 1. The number of hydrogen-bond donors (Lipinski definition) is 1. The number of rotatable bonds is 8. The molecule has 5 heteroatoms. The molecule has 80 valence electrons. The molecule has 0 aromatic carbocycles. The van der Waals surface area contributed by atoms with Gasteiger partial charge in [0.25, 0.3) is 0 Å². The van der Waals surface area contributed by atoms with Crippen LogP contribution in [-0.4, -0.2) is 38.0 Å². The van der Waals surface area contributed by atoms with Gasteiger partial charge in [-0.3, -0.25) is 0 Å². The first kappa shape index (κ1) is 13.3. The van der Waals surface area contributed by atoms with Crippen molar-refractivity contribution in [3.05, 3.63) is 0 Å². The van der Waals surface area contributed by atoms with Crippen LogP contribution in [0.1, 0.15) is 19.8 Å². The Bertz CT molecular complexity index is 202. The van der Waals surface area contributed by atoms with Crippen LogP contribution in [0.5, 0.6) is 0 Å². The lowest BCUT2D eigenvalue weighted by Gasteiger charge is -2.02. The van der Waals surface area contributed by atoms with Crippen molar-refractivity contribution in [2.45, 2.75) is 19.8 Å². The number of thioether (sulfide) groups is 1. The van der Waals surface area contributed by atoms with E-state index in [1.54, 1.807) is 11.8 Å². The Morgan fingerprint density at radius 1 is 1.23 bits per heavy atom. The highest BCUT2D eigenvalue weighted by Crippen LogP contribution is 2.04. The van der Waals surface area contributed by atoms with E-state index in [4.69, 9.17) is 5.73 Å². The smallest absolute Gasteiger partial charge is 0.150 e. The van der Waals surface area contributed by atoms with E-state index < -0.39 is 9.84 Å². The summed E-state index contributed by atoms with van der Waals surface area (Å²) in [5.74, 6) is 2.57. The van der Waals surface area contributed by atoms with Crippen LogP contribution in [0.2, 0.25) is 0 Å². The van der Waals surface area contributed by atoms with Gasteiger partial charge in [0.15, 0.2) is 0 Å². The van der Waals surface area contributed by atoms with E-state index in [-0.39, 0.29) is 5.75 Å². The minimum Gasteiger partial charge on any atom is -0.330 e. The van der Waals surface area contributed by atoms with E-state index in [9.17, 15) is 8.42 Å². The average Bonchev–Trinajstić information content (AvgIpc) is 2.09. The summed E-state index contributed by atoms with van der Waals surface area (Å²) >= 11 is 1.78. The van der Waals surface area contributed by atoms with Crippen molar-refractivity contribution >= 4 is 21.6 Å². The molecule has 0 heterocycles. The minimum absolute atomic E-state index is 0.250. The van der Waals surface area contributed by atoms with Gasteiger partial charge in [-0.25, -0.2) is 8.42 Å². The lowest BCUT2D eigenvalue weighted by atomic mass is 10.5. The van der Waals surface area contributed by atoms with Crippen LogP contribution in [0.15, 0.2) is 0 Å². The van der Waals surface area contributed by atoms with Crippen molar-refractivity contribution in [2.24, 2.45) is 5.73 Å². The molecular weight excluding hydrogens is 206 g/mol. The van der Waals surface area contributed by atoms with Gasteiger partial charge in [0.2, 0.25) is 0 Å². The third-order valence-corrected chi connectivity index (χ3v) is 4.41. The highest BCUT2D eigenvalue weighted by Gasteiger charge is 2.08. The highest BCUT2D eigenvalue weighted by molar-refractivity contribution is 7.99. The van der Waals surface area contributed by atoms with E-state index >= 15 is 0 Å². The molecule has 0 aromatic rings. The van der Waals surface area contributed by atoms with Crippen molar-refractivity contribution in [1.29, 1.82) is 0 Å². The van der Waals surface area contributed by atoms with Gasteiger partial charge < -0.3 is 5.73 Å². The SMILES string of the molecule is CCSCCCS(=O)(=O)CCCN. The second kappa shape index (κ2) is 7.64. The highest BCUT2D eigenvalue weighted by atomic mass is 32.2. The topological polar surface area (TPSA) is 60.2 Å². The Balaban J connectivity index is 3.52. The summed E-state index contributed by atoms with van der Waals surface area (Å²) in [6.07, 6.45) is 1.36. The Labute approximate surface area is 85.4 Å². The van der Waals surface area contributed by atoms with E-state index in [2.05, 4.69) is 6.92 Å². The molecule has 0 spiro atoms. The molecule has 2 N–H and O–H groups in total. The van der Waals surface area contributed by atoms with Crippen molar-refractivity contribution in [1.82, 2.24) is 0 Å². The summed E-state index contributed by atoms with van der Waals surface area (Å²) in [5, 5.41) is 0. The molecular formula is C8H19NO2S2. The Morgan fingerprint density at radius 3 is 2.38 bits per heavy atom. The molecule has 0 radical (unpaired) electrons. The molecule has 0 fully saturated rings. The first-order valence-electron chi connectivity index (χ1n) is 4.60. The predicted molar refractivity (Wildman–Crippen MR) is 59.9 cm³/mol. The van der Waals surface area contributed by atoms with E-state index in [0.717, 1.165) is 17.9 Å². The normalized spacial score (nSPS) is 11.8. The minimum atomic E-state index is -2.82. The zero-order valence-corrected chi connectivity index (χ0v) is 9.79. The van der Waals surface area contributed by atoms with Crippen LogP contribution in [0.3, 0.4) is 0 Å². The maximum absolute atomic E-state index is 11.3. The zero-order valence-electron chi connectivity index (χ0n) is 8.16. The summed E-state index contributed by atoms with van der Waals surface area (Å²) in [4.78, 5) is 0. The van der Waals surface area contributed by atoms with Gasteiger partial charge in [0, 0.05) is 0 Å². The fraction of sp³-hybridized carbons (Fsp3) is 1.00. The summed E-state index contributed by atoms with van der Waals surface area (Å²) in [5.41, 5.74) is 5.24. The van der Waals surface area contributed by atoms with Gasteiger partial charge >= 0.3 is 0 Å². The maximum atomic E-state index is 11.3. The fourth-order valence-corrected chi connectivity index (χ4v) is 3.15. The monoisotopic (exact) mass is 225 g/mol. The van der Waals surface area contributed by atoms with Crippen LogP contribution in [-0.2, 0) is 9.84 Å². The predicted octanol–water partition coefficient (Wildman–Crippen LogP) is 0.893. The summed E-state index contributed by atoms with van der Waals surface area (Å²) in [6, 6.07) is 0. The molecule has 0 saturated heterocycles. The largest absolute Gasteiger partial charge is 0.330 e. The van der Waals surface area contributed by atoms with Crippen molar-refractivity contribution in [3.63, 3.8) is 0 Å². The molecule has 0 aromatic heterocycles. The summed E-state index contributed by atoms with van der Waals surface area (Å²) < 4.78 is 22.6. The molecule has 0 aliphatic heterocycles. The molecule has 0 bridgehead atoms. The maximum Gasteiger partial charge on any atom is 0.150 e. The first-order chi connectivity index (χ1) is 6.12. The Kier molecular flexibility index (Phi) is 7.80. The number of hydrogen-bond acceptors (Lipinski definition) is 4. The van der Waals surface area contributed by atoms with Gasteiger partial charge in [-0.05, 0) is 30.9 Å². The van der Waals surface area contributed by atoms with E-state index in [1.165, 1.54) is 0 Å². The van der Waals surface area contributed by atoms with Gasteiger partial charge in [0.05, 0.1) is 11.5 Å². The Hall–Kier alpha value is 0.260. The van der Waals surface area contributed by atoms with E-state index in [0.29, 0.717) is 18.7 Å². The zero-order chi connectivity index (χ0) is 10.2. The second-order valence-electron chi connectivity index (χ2n) is 2.84. The molecule has 3 nitrogen and oxygen atoms in total. The summed E-state index contributed by atoms with van der Waals surface area (Å²) in [7, 11) is -2.82. The first-order valence-corrected chi connectivity index (χ1v) is 7.58. The quantitative estimate of drug-likeness (QED) is 0.623. The molecule has 0 rings (SSSR count). The van der Waals surface area contributed by atoms with Crippen LogP contribution in [0.4, 0.5) is 0 Å². The van der Waals surface area contributed by atoms with Crippen molar-refractivity contribution < 1.29 is 8.42 Å². The molecule has 0 aliphatic rings.